The number of nitrogens with zero attached hydrogens (tertiary/aromatic N) is 5. The lowest BCUT2D eigenvalue weighted by Crippen LogP contribution is -2.43. The van der Waals surface area contributed by atoms with E-state index in [1.165, 1.54) is 23.5 Å². The highest BCUT2D eigenvalue weighted by atomic mass is 32.1. The number of aromatic nitrogens is 2. The van der Waals surface area contributed by atoms with Crippen molar-refractivity contribution in [1.82, 2.24) is 14.0 Å². The summed E-state index contributed by atoms with van der Waals surface area (Å²) >= 11 is 1.23. The van der Waals surface area contributed by atoms with Gasteiger partial charge in [0, 0.05) is 42.7 Å². The second-order valence-electron chi connectivity index (χ2n) is 9.38. The summed E-state index contributed by atoms with van der Waals surface area (Å²) in [6.45, 7) is 6.67. The van der Waals surface area contributed by atoms with Gasteiger partial charge in [0.2, 0.25) is 0 Å². The van der Waals surface area contributed by atoms with Crippen molar-refractivity contribution >= 4 is 29.0 Å². The Balaban J connectivity index is 1.71. The Labute approximate surface area is 239 Å². The summed E-state index contributed by atoms with van der Waals surface area (Å²) in [7, 11) is 1.56. The maximum atomic E-state index is 14.1. The zero-order valence-electron chi connectivity index (χ0n) is 23.1. The maximum absolute atomic E-state index is 14.1. The maximum Gasteiger partial charge on any atom is 0.271 e. The van der Waals surface area contributed by atoms with Gasteiger partial charge in [0.05, 0.1) is 33.5 Å². The third-order valence-electron chi connectivity index (χ3n) is 7.11. The molecule has 1 amide bonds. The van der Waals surface area contributed by atoms with E-state index in [0.29, 0.717) is 56.4 Å². The molecule has 0 aliphatic carbocycles. The van der Waals surface area contributed by atoms with Crippen molar-refractivity contribution in [2.45, 2.75) is 26.8 Å². The number of rotatable bonds is 8. The minimum atomic E-state index is -0.735. The summed E-state index contributed by atoms with van der Waals surface area (Å²) in [5.41, 5.74) is 2.60. The smallest absolute Gasteiger partial charge is 0.271 e. The first kappa shape index (κ1) is 27.8. The number of methoxy groups -OCH3 is 1. The van der Waals surface area contributed by atoms with E-state index in [4.69, 9.17) is 9.73 Å². The quantitative estimate of drug-likeness (QED) is 0.236. The van der Waals surface area contributed by atoms with Gasteiger partial charge in [-0.25, -0.2) is 4.99 Å². The number of likely N-dealkylation sites (N-methyl/N-ethyl adjacent to an activating group) is 1. The Morgan fingerprint density at radius 2 is 1.90 bits per heavy atom. The average Bonchev–Trinajstić information content (AvgIpc) is 3.56. The standard InChI is InChI=1S/C30H29N5O5S/c1-5-32(6-2)29(37)26-19(3)31-30-34(27(26)23-14-7-8-15-24(23)40-4)28(36)25(41-30)18-21-13-10-16-33(21)20-11-9-12-22(17-20)35(38)39/h7-18,27H,5-6H2,1-4H3/b25-18+/t27-/m1/s1. The first-order valence-electron chi connectivity index (χ1n) is 13.2. The molecule has 0 saturated carbocycles. The van der Waals surface area contributed by atoms with Crippen molar-refractivity contribution in [2.24, 2.45) is 4.99 Å². The molecule has 5 rings (SSSR count). The molecule has 0 fully saturated rings. The molecule has 2 aromatic heterocycles. The number of nitro groups is 1. The summed E-state index contributed by atoms with van der Waals surface area (Å²) in [5.74, 6) is 0.382. The summed E-state index contributed by atoms with van der Waals surface area (Å²) in [6.07, 6.45) is 3.53. The highest BCUT2D eigenvalue weighted by Gasteiger charge is 2.35. The third kappa shape index (κ3) is 5.00. The van der Waals surface area contributed by atoms with Gasteiger partial charge in [-0.1, -0.05) is 35.6 Å². The molecular weight excluding hydrogens is 542 g/mol. The Morgan fingerprint density at radius 1 is 1.15 bits per heavy atom. The average molecular weight is 572 g/mol. The van der Waals surface area contributed by atoms with Crippen LogP contribution in [0.2, 0.25) is 0 Å². The van der Waals surface area contributed by atoms with Crippen molar-refractivity contribution in [3.63, 3.8) is 0 Å². The van der Waals surface area contributed by atoms with Gasteiger partial charge >= 0.3 is 0 Å². The Kier molecular flexibility index (Phi) is 7.71. The van der Waals surface area contributed by atoms with Crippen LogP contribution in [0.1, 0.15) is 38.1 Å². The van der Waals surface area contributed by atoms with Crippen LogP contribution in [-0.4, -0.2) is 45.1 Å². The molecule has 3 heterocycles. The molecule has 4 aromatic rings. The van der Waals surface area contributed by atoms with E-state index < -0.39 is 11.0 Å². The van der Waals surface area contributed by atoms with Crippen LogP contribution in [-0.2, 0) is 4.79 Å². The van der Waals surface area contributed by atoms with Crippen LogP contribution in [0.3, 0.4) is 0 Å². The molecule has 0 N–H and O–H groups in total. The summed E-state index contributed by atoms with van der Waals surface area (Å²) in [5, 5.41) is 11.3. The number of thiazole rings is 1. The SMILES string of the molecule is CCN(CC)C(=O)C1=C(C)N=c2s/c(=C/c3cccn3-c3cccc([N+](=O)[O-])c3)c(=O)n2[C@@H]1c1ccccc1OC. The summed E-state index contributed by atoms with van der Waals surface area (Å²) < 4.78 is 9.43. The second kappa shape index (κ2) is 11.4. The fourth-order valence-electron chi connectivity index (χ4n) is 5.10. The number of hydrogen-bond acceptors (Lipinski definition) is 7. The van der Waals surface area contributed by atoms with Gasteiger partial charge in [0.25, 0.3) is 17.2 Å². The highest BCUT2D eigenvalue weighted by Crippen LogP contribution is 2.36. The largest absolute Gasteiger partial charge is 0.496 e. The van der Waals surface area contributed by atoms with E-state index in [9.17, 15) is 19.7 Å². The summed E-state index contributed by atoms with van der Waals surface area (Å²) in [4.78, 5) is 45.7. The molecular formula is C30H29N5O5S. The van der Waals surface area contributed by atoms with E-state index in [-0.39, 0.29) is 17.2 Å². The van der Waals surface area contributed by atoms with E-state index in [1.54, 1.807) is 52.5 Å². The number of carbonyl (C=O) groups excluding carboxylic acids is 1. The molecule has 0 radical (unpaired) electrons. The molecule has 11 heteroatoms. The van der Waals surface area contributed by atoms with E-state index in [1.807, 2.05) is 50.2 Å². The molecule has 0 bridgehead atoms. The molecule has 0 spiro atoms. The van der Waals surface area contributed by atoms with Crippen molar-refractivity contribution < 1.29 is 14.5 Å². The predicted octanol–water partition coefficient (Wildman–Crippen LogP) is 3.81. The predicted molar refractivity (Wildman–Crippen MR) is 157 cm³/mol. The van der Waals surface area contributed by atoms with E-state index in [2.05, 4.69) is 0 Å². The molecule has 41 heavy (non-hydrogen) atoms. The van der Waals surface area contributed by atoms with Gasteiger partial charge in [-0.15, -0.1) is 0 Å². The number of amides is 1. The van der Waals surface area contributed by atoms with Gasteiger partial charge in [-0.3, -0.25) is 24.3 Å². The normalized spacial score (nSPS) is 14.9. The summed E-state index contributed by atoms with van der Waals surface area (Å²) in [6, 6.07) is 16.6. The van der Waals surface area contributed by atoms with Crippen LogP contribution in [0.4, 0.5) is 5.69 Å². The molecule has 10 nitrogen and oxygen atoms in total. The molecule has 210 valence electrons. The number of para-hydroxylation sites is 1. The van der Waals surface area contributed by atoms with Crippen LogP contribution in [0, 0.1) is 10.1 Å². The van der Waals surface area contributed by atoms with Gasteiger partial charge in [0.15, 0.2) is 4.80 Å². The van der Waals surface area contributed by atoms with Crippen molar-refractivity contribution in [3.05, 3.63) is 119 Å². The first-order valence-corrected chi connectivity index (χ1v) is 14.0. The lowest BCUT2D eigenvalue weighted by Gasteiger charge is -2.29. The van der Waals surface area contributed by atoms with Crippen LogP contribution in [0.25, 0.3) is 11.8 Å². The van der Waals surface area contributed by atoms with Gasteiger partial charge in [-0.2, -0.15) is 0 Å². The number of allylic oxidation sites excluding steroid dienone is 1. The molecule has 0 unspecified atom stereocenters. The Morgan fingerprint density at radius 3 is 2.61 bits per heavy atom. The lowest BCUT2D eigenvalue weighted by atomic mass is 9.94. The Bertz CT molecular complexity index is 1860. The zero-order valence-corrected chi connectivity index (χ0v) is 23.9. The molecule has 1 atom stereocenters. The lowest BCUT2D eigenvalue weighted by molar-refractivity contribution is -0.384. The van der Waals surface area contributed by atoms with E-state index in [0.717, 1.165) is 0 Å². The van der Waals surface area contributed by atoms with Crippen molar-refractivity contribution in [2.75, 3.05) is 20.2 Å². The monoisotopic (exact) mass is 571 g/mol. The number of ether oxygens (including phenoxy) is 1. The van der Waals surface area contributed by atoms with Gasteiger partial charge in [0.1, 0.15) is 11.8 Å². The number of carbonyl (C=O) groups is 1. The van der Waals surface area contributed by atoms with Crippen LogP contribution >= 0.6 is 11.3 Å². The number of non-ortho nitro benzene ring substituents is 1. The van der Waals surface area contributed by atoms with Crippen LogP contribution in [0.15, 0.2) is 87.9 Å². The number of hydrogen-bond donors (Lipinski definition) is 0. The second-order valence-corrected chi connectivity index (χ2v) is 10.4. The van der Waals surface area contributed by atoms with Crippen LogP contribution in [0.5, 0.6) is 5.75 Å². The number of benzene rings is 2. The number of nitro benzene ring substituents is 1. The third-order valence-corrected chi connectivity index (χ3v) is 8.10. The minimum absolute atomic E-state index is 0.0285. The van der Waals surface area contributed by atoms with E-state index >= 15 is 0 Å². The topological polar surface area (TPSA) is 112 Å². The highest BCUT2D eigenvalue weighted by molar-refractivity contribution is 7.07. The first-order chi connectivity index (χ1) is 19.8. The minimum Gasteiger partial charge on any atom is -0.496 e. The molecule has 0 saturated heterocycles. The van der Waals surface area contributed by atoms with Crippen LogP contribution < -0.4 is 19.6 Å². The van der Waals surface area contributed by atoms with Crippen molar-refractivity contribution in [3.8, 4) is 11.4 Å². The van der Waals surface area contributed by atoms with Gasteiger partial charge < -0.3 is 14.2 Å². The zero-order chi connectivity index (χ0) is 29.3. The molecule has 1 aliphatic rings. The fourth-order valence-corrected chi connectivity index (χ4v) is 6.13. The molecule has 2 aromatic carbocycles. The number of fused-ring (bicyclic) bond motifs is 1. The van der Waals surface area contributed by atoms with Gasteiger partial charge in [-0.05, 0) is 51.1 Å². The van der Waals surface area contributed by atoms with Crippen molar-refractivity contribution in [1.29, 1.82) is 0 Å². The Hall–Kier alpha value is -4.77. The molecule has 1 aliphatic heterocycles. The fraction of sp³-hybridized carbons (Fsp3) is 0.233.